The summed E-state index contributed by atoms with van der Waals surface area (Å²) in [6.07, 6.45) is 3.78. The highest BCUT2D eigenvalue weighted by Crippen LogP contribution is 2.22. The van der Waals surface area contributed by atoms with Crippen LogP contribution in [-0.4, -0.2) is 14.8 Å². The molecule has 0 bridgehead atoms. The summed E-state index contributed by atoms with van der Waals surface area (Å²) >= 11 is 0. The van der Waals surface area contributed by atoms with Crippen LogP contribution in [0, 0.1) is 0 Å². The number of aromatic nitrogens is 3. The summed E-state index contributed by atoms with van der Waals surface area (Å²) in [5.74, 6) is 0.452. The highest BCUT2D eigenvalue weighted by Gasteiger charge is 2.09. The van der Waals surface area contributed by atoms with E-state index in [1.807, 2.05) is 23.1 Å². The molecule has 14 heavy (non-hydrogen) atoms. The van der Waals surface area contributed by atoms with Crippen LogP contribution in [0.2, 0.25) is 0 Å². The third-order valence-electron chi connectivity index (χ3n) is 2.45. The standard InChI is InChI=1S/C11H15N3/c1-4-14-10-5-6-12-11(8(2)3)9(10)7-13-14/h5-8H,4H2,1-3H3. The number of nitrogens with zero attached hydrogens (tertiary/aromatic N) is 3. The minimum Gasteiger partial charge on any atom is -0.265 e. The first-order chi connectivity index (χ1) is 6.74. The lowest BCUT2D eigenvalue weighted by Gasteiger charge is -2.05. The maximum absolute atomic E-state index is 4.40. The summed E-state index contributed by atoms with van der Waals surface area (Å²) in [5, 5.41) is 5.52. The van der Waals surface area contributed by atoms with Gasteiger partial charge in [0.05, 0.1) is 17.4 Å². The Balaban J connectivity index is 2.70. The third kappa shape index (κ3) is 1.29. The normalized spacial score (nSPS) is 11.4. The third-order valence-corrected chi connectivity index (χ3v) is 2.45. The predicted molar refractivity (Wildman–Crippen MR) is 57.3 cm³/mol. The monoisotopic (exact) mass is 189 g/mol. The maximum Gasteiger partial charge on any atom is 0.0716 e. The van der Waals surface area contributed by atoms with Gasteiger partial charge in [0.2, 0.25) is 0 Å². The van der Waals surface area contributed by atoms with Crippen molar-refractivity contribution in [2.24, 2.45) is 0 Å². The van der Waals surface area contributed by atoms with Gasteiger partial charge in [-0.3, -0.25) is 9.67 Å². The van der Waals surface area contributed by atoms with Crippen molar-refractivity contribution in [2.45, 2.75) is 33.2 Å². The lowest BCUT2D eigenvalue weighted by atomic mass is 10.1. The van der Waals surface area contributed by atoms with Crippen molar-refractivity contribution in [3.63, 3.8) is 0 Å². The molecule has 0 aliphatic carbocycles. The molecular weight excluding hydrogens is 174 g/mol. The van der Waals surface area contributed by atoms with Crippen LogP contribution in [0.3, 0.4) is 0 Å². The van der Waals surface area contributed by atoms with Gasteiger partial charge in [-0.1, -0.05) is 13.8 Å². The van der Waals surface area contributed by atoms with E-state index in [-0.39, 0.29) is 0 Å². The quantitative estimate of drug-likeness (QED) is 0.727. The molecule has 0 aliphatic rings. The fourth-order valence-corrected chi connectivity index (χ4v) is 1.74. The van der Waals surface area contributed by atoms with Crippen LogP contribution in [0.25, 0.3) is 10.9 Å². The second-order valence-corrected chi connectivity index (χ2v) is 3.74. The molecule has 0 saturated carbocycles. The van der Waals surface area contributed by atoms with E-state index >= 15 is 0 Å². The molecule has 0 amide bonds. The smallest absolute Gasteiger partial charge is 0.0716 e. The topological polar surface area (TPSA) is 30.7 Å². The lowest BCUT2D eigenvalue weighted by Crippen LogP contribution is -1.97. The average Bonchev–Trinajstić information content (AvgIpc) is 2.59. The highest BCUT2D eigenvalue weighted by atomic mass is 15.3. The maximum atomic E-state index is 4.40. The number of fused-ring (bicyclic) bond motifs is 1. The van der Waals surface area contributed by atoms with E-state index in [2.05, 4.69) is 30.9 Å². The van der Waals surface area contributed by atoms with Gasteiger partial charge in [0.15, 0.2) is 0 Å². The van der Waals surface area contributed by atoms with Gasteiger partial charge in [-0.05, 0) is 18.9 Å². The van der Waals surface area contributed by atoms with E-state index in [1.54, 1.807) is 0 Å². The molecule has 2 heterocycles. The number of hydrogen-bond acceptors (Lipinski definition) is 2. The molecule has 0 aliphatic heterocycles. The molecule has 2 rings (SSSR count). The molecule has 0 atom stereocenters. The minimum absolute atomic E-state index is 0.452. The second kappa shape index (κ2) is 3.40. The number of aryl methyl sites for hydroxylation is 1. The zero-order valence-electron chi connectivity index (χ0n) is 8.86. The van der Waals surface area contributed by atoms with Crippen molar-refractivity contribution in [2.75, 3.05) is 0 Å². The van der Waals surface area contributed by atoms with Gasteiger partial charge in [0.25, 0.3) is 0 Å². The zero-order chi connectivity index (χ0) is 10.1. The Bertz CT molecular complexity index is 443. The molecule has 0 fully saturated rings. The zero-order valence-corrected chi connectivity index (χ0v) is 8.86. The van der Waals surface area contributed by atoms with Gasteiger partial charge in [0.1, 0.15) is 0 Å². The van der Waals surface area contributed by atoms with Crippen molar-refractivity contribution in [1.29, 1.82) is 0 Å². The van der Waals surface area contributed by atoms with Gasteiger partial charge in [-0.2, -0.15) is 5.10 Å². The summed E-state index contributed by atoms with van der Waals surface area (Å²) in [7, 11) is 0. The molecule has 2 aromatic heterocycles. The molecule has 3 nitrogen and oxygen atoms in total. The summed E-state index contributed by atoms with van der Waals surface area (Å²) in [5.41, 5.74) is 2.33. The van der Waals surface area contributed by atoms with Crippen LogP contribution in [0.1, 0.15) is 32.4 Å². The van der Waals surface area contributed by atoms with Crippen LogP contribution in [-0.2, 0) is 6.54 Å². The molecule has 0 radical (unpaired) electrons. The molecule has 0 aromatic carbocycles. The van der Waals surface area contributed by atoms with E-state index in [0.717, 1.165) is 12.2 Å². The average molecular weight is 189 g/mol. The summed E-state index contributed by atoms with van der Waals surface area (Å²) in [6, 6.07) is 2.03. The van der Waals surface area contributed by atoms with Crippen molar-refractivity contribution in [1.82, 2.24) is 14.8 Å². The summed E-state index contributed by atoms with van der Waals surface area (Å²) in [4.78, 5) is 4.40. The molecule has 0 N–H and O–H groups in total. The Morgan fingerprint density at radius 2 is 2.21 bits per heavy atom. The summed E-state index contributed by atoms with van der Waals surface area (Å²) < 4.78 is 2.00. The fraction of sp³-hybridized carbons (Fsp3) is 0.455. The fourth-order valence-electron chi connectivity index (χ4n) is 1.74. The Kier molecular flexibility index (Phi) is 2.23. The number of pyridine rings is 1. The molecule has 0 spiro atoms. The van der Waals surface area contributed by atoms with Gasteiger partial charge in [-0.15, -0.1) is 0 Å². The van der Waals surface area contributed by atoms with Gasteiger partial charge in [-0.25, -0.2) is 0 Å². The molecule has 2 aromatic rings. The van der Waals surface area contributed by atoms with Crippen molar-refractivity contribution >= 4 is 10.9 Å². The van der Waals surface area contributed by atoms with Gasteiger partial charge >= 0.3 is 0 Å². The highest BCUT2D eigenvalue weighted by molar-refractivity contribution is 5.81. The number of rotatable bonds is 2. The molecule has 0 unspecified atom stereocenters. The predicted octanol–water partition coefficient (Wildman–Crippen LogP) is 2.57. The molecule has 0 saturated heterocycles. The largest absolute Gasteiger partial charge is 0.265 e. The Hall–Kier alpha value is -1.38. The SMILES string of the molecule is CCn1ncc2c(C(C)C)nccc21. The van der Waals surface area contributed by atoms with Crippen LogP contribution in [0.4, 0.5) is 0 Å². The summed E-state index contributed by atoms with van der Waals surface area (Å²) in [6.45, 7) is 7.32. The lowest BCUT2D eigenvalue weighted by molar-refractivity contribution is 0.683. The van der Waals surface area contributed by atoms with Crippen LogP contribution < -0.4 is 0 Å². The van der Waals surface area contributed by atoms with Crippen molar-refractivity contribution < 1.29 is 0 Å². The van der Waals surface area contributed by atoms with Gasteiger partial charge < -0.3 is 0 Å². The van der Waals surface area contributed by atoms with Crippen LogP contribution in [0.15, 0.2) is 18.5 Å². The first kappa shape index (κ1) is 9.19. The molecule has 3 heteroatoms. The van der Waals surface area contributed by atoms with E-state index in [0.29, 0.717) is 5.92 Å². The van der Waals surface area contributed by atoms with E-state index in [1.165, 1.54) is 10.9 Å². The van der Waals surface area contributed by atoms with E-state index in [4.69, 9.17) is 0 Å². The molecular formula is C11H15N3. The van der Waals surface area contributed by atoms with Gasteiger partial charge in [0, 0.05) is 18.1 Å². The molecule has 74 valence electrons. The first-order valence-electron chi connectivity index (χ1n) is 5.04. The Labute approximate surface area is 83.8 Å². The van der Waals surface area contributed by atoms with Crippen LogP contribution in [0.5, 0.6) is 0 Å². The van der Waals surface area contributed by atoms with Crippen LogP contribution >= 0.6 is 0 Å². The Morgan fingerprint density at radius 3 is 2.86 bits per heavy atom. The number of hydrogen-bond donors (Lipinski definition) is 0. The van der Waals surface area contributed by atoms with E-state index in [9.17, 15) is 0 Å². The van der Waals surface area contributed by atoms with E-state index < -0.39 is 0 Å². The van der Waals surface area contributed by atoms with Crippen molar-refractivity contribution in [3.8, 4) is 0 Å². The second-order valence-electron chi connectivity index (χ2n) is 3.74. The Morgan fingerprint density at radius 1 is 1.43 bits per heavy atom. The van der Waals surface area contributed by atoms with Crippen molar-refractivity contribution in [3.05, 3.63) is 24.2 Å². The minimum atomic E-state index is 0.452. The first-order valence-corrected chi connectivity index (χ1v) is 5.04.